The molecule has 0 aliphatic heterocycles. The second kappa shape index (κ2) is 5.63. The molecule has 0 aliphatic rings. The van der Waals surface area contributed by atoms with E-state index in [1.54, 1.807) is 6.92 Å². The topological polar surface area (TPSA) is 17.1 Å². The minimum atomic E-state index is -4.43. The fourth-order valence-corrected chi connectivity index (χ4v) is 2.30. The van der Waals surface area contributed by atoms with Crippen LogP contribution in [0.15, 0.2) is 23.1 Å². The van der Waals surface area contributed by atoms with Crippen molar-refractivity contribution in [1.29, 1.82) is 0 Å². The van der Waals surface area contributed by atoms with Crippen LogP contribution in [0.2, 0.25) is 5.02 Å². The van der Waals surface area contributed by atoms with Crippen molar-refractivity contribution in [3.05, 3.63) is 28.8 Å². The van der Waals surface area contributed by atoms with Crippen molar-refractivity contribution in [3.63, 3.8) is 0 Å². The molecule has 0 bridgehead atoms. The highest BCUT2D eigenvalue weighted by Gasteiger charge is 2.31. The summed E-state index contributed by atoms with van der Waals surface area (Å²) in [4.78, 5) is 11.0. The van der Waals surface area contributed by atoms with Crippen LogP contribution in [0.3, 0.4) is 0 Å². The number of ketones is 1. The van der Waals surface area contributed by atoms with Gasteiger partial charge in [0.25, 0.3) is 0 Å². The van der Waals surface area contributed by atoms with Gasteiger partial charge in [0.05, 0.1) is 9.85 Å². The van der Waals surface area contributed by atoms with Crippen molar-refractivity contribution >= 4 is 45.1 Å². The van der Waals surface area contributed by atoms with E-state index in [9.17, 15) is 18.0 Å². The molecule has 0 amide bonds. The quantitative estimate of drug-likeness (QED) is 0.439. The molecule has 17 heavy (non-hydrogen) atoms. The van der Waals surface area contributed by atoms with Gasteiger partial charge < -0.3 is 0 Å². The lowest BCUT2D eigenvalue weighted by Crippen LogP contribution is -2.11. The summed E-state index contributed by atoms with van der Waals surface area (Å²) in [5.41, 5.74) is -4.34. The Morgan fingerprint density at radius 2 is 2.06 bits per heavy atom. The van der Waals surface area contributed by atoms with E-state index < -0.39 is 10.3 Å². The smallest absolute Gasteiger partial charge is 0.293 e. The molecule has 1 unspecified atom stereocenters. The zero-order valence-corrected chi connectivity index (χ0v) is 11.7. The summed E-state index contributed by atoms with van der Waals surface area (Å²) in [5, 5.41) is -0.161. The Morgan fingerprint density at radius 1 is 1.47 bits per heavy atom. The number of hydrogen-bond acceptors (Lipinski definition) is 2. The maximum absolute atomic E-state index is 12.2. The molecule has 0 fully saturated rings. The van der Waals surface area contributed by atoms with E-state index in [-0.39, 0.29) is 33.0 Å². The molecule has 0 saturated carbocycles. The second-order valence-electron chi connectivity index (χ2n) is 3.15. The molecule has 0 aromatic heterocycles. The third-order valence-corrected chi connectivity index (χ3v) is 3.54. The molecule has 0 radical (unpaired) electrons. The molecular formula is C10H7BrClF3OS. The number of alkyl halides is 4. The summed E-state index contributed by atoms with van der Waals surface area (Å²) in [7, 11) is 0. The molecule has 1 nitrogen and oxygen atoms in total. The molecule has 1 rings (SSSR count). The second-order valence-corrected chi connectivity index (χ2v) is 6.00. The van der Waals surface area contributed by atoms with Crippen molar-refractivity contribution in [3.8, 4) is 0 Å². The van der Waals surface area contributed by atoms with Crippen LogP contribution in [0.1, 0.15) is 17.3 Å². The highest BCUT2D eigenvalue weighted by atomic mass is 79.9. The summed E-state index contributed by atoms with van der Waals surface area (Å²) < 4.78 is 36.7. The van der Waals surface area contributed by atoms with Crippen LogP contribution in [0.4, 0.5) is 13.2 Å². The zero-order chi connectivity index (χ0) is 13.2. The standard InChI is InChI=1S/C10H7BrClF3OS/c1-5(11)9(16)6-3-2-4-7(8(6)12)17-10(13,14)15/h2-5H,1H3. The Labute approximate surface area is 114 Å². The number of thioether (sulfide) groups is 1. The maximum Gasteiger partial charge on any atom is 0.446 e. The lowest BCUT2D eigenvalue weighted by atomic mass is 10.1. The van der Waals surface area contributed by atoms with Gasteiger partial charge in [-0.15, -0.1) is 0 Å². The average Bonchev–Trinajstić information content (AvgIpc) is 2.18. The van der Waals surface area contributed by atoms with E-state index in [0.717, 1.165) is 0 Å². The van der Waals surface area contributed by atoms with E-state index >= 15 is 0 Å². The largest absolute Gasteiger partial charge is 0.446 e. The Morgan fingerprint density at radius 3 is 2.53 bits per heavy atom. The Hall–Kier alpha value is -0.200. The fraction of sp³-hybridized carbons (Fsp3) is 0.300. The van der Waals surface area contributed by atoms with Crippen molar-refractivity contribution < 1.29 is 18.0 Å². The summed E-state index contributed by atoms with van der Waals surface area (Å²) in [6.07, 6.45) is 0. The number of benzene rings is 1. The molecule has 1 aromatic rings. The Kier molecular flexibility index (Phi) is 4.92. The van der Waals surface area contributed by atoms with Crippen molar-refractivity contribution in [2.45, 2.75) is 22.2 Å². The molecule has 0 heterocycles. The van der Waals surface area contributed by atoms with Crippen LogP contribution < -0.4 is 0 Å². The van der Waals surface area contributed by atoms with Gasteiger partial charge in [0, 0.05) is 10.5 Å². The van der Waals surface area contributed by atoms with Gasteiger partial charge in [-0.25, -0.2) is 0 Å². The first-order chi connectivity index (χ1) is 7.72. The molecule has 0 N–H and O–H groups in total. The summed E-state index contributed by atoms with van der Waals surface area (Å²) in [6, 6.07) is 4.02. The number of hydrogen-bond donors (Lipinski definition) is 0. The highest BCUT2D eigenvalue weighted by molar-refractivity contribution is 9.10. The molecular weight excluding hydrogens is 341 g/mol. The van der Waals surface area contributed by atoms with Gasteiger partial charge in [-0.05, 0) is 30.8 Å². The van der Waals surface area contributed by atoms with Gasteiger partial charge in [0.2, 0.25) is 0 Å². The number of Topliss-reactive ketones (excluding diaryl/α,β-unsaturated/α-hetero) is 1. The number of carbonyl (C=O) groups excluding carboxylic acids is 1. The number of rotatable bonds is 3. The summed E-state index contributed by atoms with van der Waals surface area (Å²) >= 11 is 8.52. The van der Waals surface area contributed by atoms with E-state index in [1.807, 2.05) is 0 Å². The van der Waals surface area contributed by atoms with E-state index in [0.29, 0.717) is 0 Å². The molecule has 1 aromatic carbocycles. The lowest BCUT2D eigenvalue weighted by Gasteiger charge is -2.11. The third kappa shape index (κ3) is 4.19. The molecule has 7 heteroatoms. The first kappa shape index (κ1) is 14.9. The third-order valence-electron chi connectivity index (χ3n) is 1.82. The number of halogens is 5. The minimum absolute atomic E-state index is 0.0882. The van der Waals surface area contributed by atoms with Crippen LogP contribution >= 0.6 is 39.3 Å². The summed E-state index contributed by atoms with van der Waals surface area (Å²) in [6.45, 7) is 1.59. The van der Waals surface area contributed by atoms with Gasteiger partial charge in [0.15, 0.2) is 5.78 Å². The summed E-state index contributed by atoms with van der Waals surface area (Å²) in [5.74, 6) is -0.348. The molecule has 0 aliphatic carbocycles. The maximum atomic E-state index is 12.2. The minimum Gasteiger partial charge on any atom is -0.293 e. The van der Waals surface area contributed by atoms with E-state index in [4.69, 9.17) is 11.6 Å². The zero-order valence-electron chi connectivity index (χ0n) is 8.52. The molecule has 0 saturated heterocycles. The van der Waals surface area contributed by atoms with Gasteiger partial charge in [0.1, 0.15) is 0 Å². The first-order valence-electron chi connectivity index (χ1n) is 4.45. The van der Waals surface area contributed by atoms with Crippen molar-refractivity contribution in [2.75, 3.05) is 0 Å². The predicted octanol–water partition coefficient (Wildman–Crippen LogP) is 4.92. The van der Waals surface area contributed by atoms with Crippen LogP contribution in [0.25, 0.3) is 0 Å². The Bertz CT molecular complexity index is 434. The fourth-order valence-electron chi connectivity index (χ4n) is 1.12. The van der Waals surface area contributed by atoms with Gasteiger partial charge in [-0.3, -0.25) is 4.79 Å². The van der Waals surface area contributed by atoms with E-state index in [1.165, 1.54) is 18.2 Å². The van der Waals surface area contributed by atoms with Gasteiger partial charge in [-0.1, -0.05) is 33.6 Å². The predicted molar refractivity (Wildman–Crippen MR) is 66.1 cm³/mol. The van der Waals surface area contributed by atoms with Crippen molar-refractivity contribution in [2.24, 2.45) is 0 Å². The highest BCUT2D eigenvalue weighted by Crippen LogP contribution is 2.41. The van der Waals surface area contributed by atoms with Crippen LogP contribution in [-0.4, -0.2) is 16.1 Å². The average molecular weight is 348 g/mol. The Balaban J connectivity index is 3.12. The normalized spacial score (nSPS) is 13.5. The van der Waals surface area contributed by atoms with Crippen LogP contribution in [0, 0.1) is 0 Å². The SMILES string of the molecule is CC(Br)C(=O)c1cccc(SC(F)(F)F)c1Cl. The van der Waals surface area contributed by atoms with E-state index in [2.05, 4.69) is 15.9 Å². The lowest BCUT2D eigenvalue weighted by molar-refractivity contribution is -0.0328. The van der Waals surface area contributed by atoms with Gasteiger partial charge >= 0.3 is 5.51 Å². The van der Waals surface area contributed by atoms with Crippen molar-refractivity contribution in [1.82, 2.24) is 0 Å². The molecule has 94 valence electrons. The monoisotopic (exact) mass is 346 g/mol. The van der Waals surface area contributed by atoms with Crippen LogP contribution in [0.5, 0.6) is 0 Å². The van der Waals surface area contributed by atoms with Crippen LogP contribution in [-0.2, 0) is 0 Å². The molecule has 1 atom stereocenters. The first-order valence-corrected chi connectivity index (χ1v) is 6.56. The number of carbonyl (C=O) groups is 1. The van der Waals surface area contributed by atoms with Gasteiger partial charge in [-0.2, -0.15) is 13.2 Å². The molecule has 0 spiro atoms.